The van der Waals surface area contributed by atoms with Crippen LogP contribution in [0.4, 0.5) is 0 Å². The van der Waals surface area contributed by atoms with E-state index in [-0.39, 0.29) is 0 Å². The van der Waals surface area contributed by atoms with Crippen molar-refractivity contribution >= 4 is 48.7 Å². The van der Waals surface area contributed by atoms with Crippen LogP contribution in [0.25, 0.3) is 10.1 Å². The summed E-state index contributed by atoms with van der Waals surface area (Å²) < 4.78 is 2.40. The molecule has 0 saturated carbocycles. The summed E-state index contributed by atoms with van der Waals surface area (Å²) in [6.07, 6.45) is 4.00. The first-order valence-corrected chi connectivity index (χ1v) is 7.30. The van der Waals surface area contributed by atoms with Gasteiger partial charge in [0.1, 0.15) is 0 Å². The molecule has 0 spiro atoms. The van der Waals surface area contributed by atoms with Crippen LogP contribution in [0.2, 0.25) is 0 Å². The Morgan fingerprint density at radius 3 is 3.00 bits per heavy atom. The van der Waals surface area contributed by atoms with Crippen molar-refractivity contribution in [1.82, 2.24) is 4.98 Å². The monoisotopic (exact) mass is 308 g/mol. The number of rotatable bonds is 2. The number of nitrogens with zero attached hydrogens (tertiary/aromatic N) is 1. The highest BCUT2D eigenvalue weighted by Crippen LogP contribution is 2.33. The Bertz CT molecular complexity index is 613. The van der Waals surface area contributed by atoms with Crippen LogP contribution in [-0.2, 0) is 0 Å². The van der Waals surface area contributed by atoms with Gasteiger partial charge >= 0.3 is 0 Å². The highest BCUT2D eigenvalue weighted by atomic mass is 79.9. The molecule has 0 fully saturated rings. The Labute approximate surface area is 110 Å². The van der Waals surface area contributed by atoms with Gasteiger partial charge in [-0.2, -0.15) is 0 Å². The Kier molecular flexibility index (Phi) is 2.79. The number of halogens is 1. The van der Waals surface area contributed by atoms with Crippen molar-refractivity contribution in [3.8, 4) is 0 Å². The standard InChI is InChI=1S/C12H7BrNS2/c13-9-7-16-11-3-4-14-10(12(9)11)6-8-2-1-5-15-8/h1-7H. The lowest BCUT2D eigenvalue weighted by Gasteiger charge is -2.00. The van der Waals surface area contributed by atoms with Gasteiger partial charge < -0.3 is 0 Å². The van der Waals surface area contributed by atoms with Gasteiger partial charge in [-0.25, -0.2) is 0 Å². The quantitative estimate of drug-likeness (QED) is 0.667. The number of hydrogen-bond acceptors (Lipinski definition) is 3. The van der Waals surface area contributed by atoms with E-state index in [2.05, 4.69) is 56.3 Å². The number of pyridine rings is 1. The van der Waals surface area contributed by atoms with Crippen LogP contribution in [0.1, 0.15) is 10.6 Å². The van der Waals surface area contributed by atoms with Crippen LogP contribution in [0.3, 0.4) is 0 Å². The van der Waals surface area contributed by atoms with Crippen molar-refractivity contribution < 1.29 is 0 Å². The first-order valence-electron chi connectivity index (χ1n) is 4.74. The molecule has 0 unspecified atom stereocenters. The Morgan fingerprint density at radius 1 is 1.25 bits per heavy atom. The van der Waals surface area contributed by atoms with E-state index >= 15 is 0 Å². The van der Waals surface area contributed by atoms with Crippen LogP contribution >= 0.6 is 38.6 Å². The Balaban J connectivity index is 2.12. The van der Waals surface area contributed by atoms with E-state index in [1.54, 1.807) is 22.7 Å². The van der Waals surface area contributed by atoms with Gasteiger partial charge in [0.05, 0.1) is 5.69 Å². The van der Waals surface area contributed by atoms with Gasteiger partial charge in [-0.3, -0.25) is 4.98 Å². The molecule has 0 aliphatic heterocycles. The zero-order valence-corrected chi connectivity index (χ0v) is 11.4. The highest BCUT2D eigenvalue weighted by Gasteiger charge is 2.09. The number of hydrogen-bond donors (Lipinski definition) is 0. The fourth-order valence-corrected chi connectivity index (χ4v) is 3.89. The fraction of sp³-hybridized carbons (Fsp3) is 0. The third kappa shape index (κ3) is 1.81. The normalized spacial score (nSPS) is 11.1. The van der Waals surface area contributed by atoms with Gasteiger partial charge in [0.15, 0.2) is 0 Å². The van der Waals surface area contributed by atoms with Crippen LogP contribution in [0, 0.1) is 6.42 Å². The minimum absolute atomic E-state index is 1.04. The van der Waals surface area contributed by atoms with E-state index in [0.717, 1.165) is 10.2 Å². The summed E-state index contributed by atoms with van der Waals surface area (Å²) in [5.74, 6) is 0. The molecule has 4 heteroatoms. The molecule has 3 rings (SSSR count). The van der Waals surface area contributed by atoms with Crippen LogP contribution in [-0.4, -0.2) is 4.98 Å². The van der Waals surface area contributed by atoms with E-state index < -0.39 is 0 Å². The zero-order valence-electron chi connectivity index (χ0n) is 8.18. The molecule has 0 saturated heterocycles. The number of aromatic nitrogens is 1. The van der Waals surface area contributed by atoms with Gasteiger partial charge in [-0.05, 0) is 33.4 Å². The predicted octanol–water partition coefficient (Wildman–Crippen LogP) is 4.72. The van der Waals surface area contributed by atoms with Gasteiger partial charge in [0.2, 0.25) is 0 Å². The first-order chi connectivity index (χ1) is 7.84. The summed E-state index contributed by atoms with van der Waals surface area (Å²) in [5.41, 5.74) is 1.04. The molecule has 1 radical (unpaired) electrons. The highest BCUT2D eigenvalue weighted by molar-refractivity contribution is 9.10. The van der Waals surface area contributed by atoms with Crippen molar-refractivity contribution in [2.24, 2.45) is 0 Å². The lowest BCUT2D eigenvalue weighted by atomic mass is 10.2. The Hall–Kier alpha value is -0.710. The summed E-state index contributed by atoms with van der Waals surface area (Å²) in [4.78, 5) is 5.68. The third-order valence-corrected chi connectivity index (χ3v) is 4.99. The minimum Gasteiger partial charge on any atom is -0.260 e. The lowest BCUT2D eigenvalue weighted by molar-refractivity contribution is 1.26. The van der Waals surface area contributed by atoms with Gasteiger partial charge in [-0.15, -0.1) is 22.7 Å². The molecule has 79 valence electrons. The first kappa shape index (κ1) is 10.4. The molecule has 3 heterocycles. The molecular formula is C12H7BrNS2. The van der Waals surface area contributed by atoms with E-state index in [9.17, 15) is 0 Å². The molecule has 0 N–H and O–H groups in total. The topological polar surface area (TPSA) is 12.9 Å². The fourth-order valence-electron chi connectivity index (χ4n) is 1.59. The molecule has 0 amide bonds. The van der Waals surface area contributed by atoms with Gasteiger partial charge in [-0.1, -0.05) is 6.07 Å². The lowest BCUT2D eigenvalue weighted by Crippen LogP contribution is -1.87. The maximum Gasteiger partial charge on any atom is 0.0595 e. The van der Waals surface area contributed by atoms with E-state index in [1.165, 1.54) is 15.0 Å². The molecule has 0 bridgehead atoms. The molecule has 16 heavy (non-hydrogen) atoms. The molecule has 3 aromatic rings. The summed E-state index contributed by atoms with van der Waals surface area (Å²) in [6.45, 7) is 0. The van der Waals surface area contributed by atoms with Crippen LogP contribution in [0.5, 0.6) is 0 Å². The van der Waals surface area contributed by atoms with Crippen molar-refractivity contribution in [3.05, 3.63) is 56.6 Å². The maximum atomic E-state index is 4.44. The van der Waals surface area contributed by atoms with E-state index in [4.69, 9.17) is 0 Å². The minimum atomic E-state index is 1.04. The molecule has 0 aromatic carbocycles. The molecule has 1 nitrogen and oxygen atoms in total. The van der Waals surface area contributed by atoms with Crippen molar-refractivity contribution in [3.63, 3.8) is 0 Å². The molecular weight excluding hydrogens is 302 g/mol. The van der Waals surface area contributed by atoms with E-state index in [1.807, 2.05) is 6.20 Å². The second-order valence-corrected chi connectivity index (χ2v) is 6.06. The zero-order chi connectivity index (χ0) is 11.0. The Morgan fingerprint density at radius 2 is 2.19 bits per heavy atom. The van der Waals surface area contributed by atoms with Gasteiger partial charge in [0.25, 0.3) is 0 Å². The maximum absolute atomic E-state index is 4.44. The summed E-state index contributed by atoms with van der Waals surface area (Å²) in [7, 11) is 0. The smallest absolute Gasteiger partial charge is 0.0595 e. The average molecular weight is 309 g/mol. The number of fused-ring (bicyclic) bond motifs is 1. The largest absolute Gasteiger partial charge is 0.260 e. The average Bonchev–Trinajstić information content (AvgIpc) is 2.90. The van der Waals surface area contributed by atoms with Crippen LogP contribution < -0.4 is 0 Å². The molecule has 0 aliphatic rings. The van der Waals surface area contributed by atoms with Crippen LogP contribution in [0.15, 0.2) is 39.6 Å². The van der Waals surface area contributed by atoms with Crippen molar-refractivity contribution in [2.45, 2.75) is 0 Å². The molecule has 3 aromatic heterocycles. The summed E-state index contributed by atoms with van der Waals surface area (Å²) >= 11 is 7.04. The van der Waals surface area contributed by atoms with Gasteiger partial charge in [0, 0.05) is 37.4 Å². The predicted molar refractivity (Wildman–Crippen MR) is 74.1 cm³/mol. The van der Waals surface area contributed by atoms with E-state index in [0.29, 0.717) is 0 Å². The summed E-state index contributed by atoms with van der Waals surface area (Å²) in [5, 5.41) is 5.40. The second kappa shape index (κ2) is 4.28. The van der Waals surface area contributed by atoms with Crippen molar-refractivity contribution in [2.75, 3.05) is 0 Å². The van der Waals surface area contributed by atoms with Crippen molar-refractivity contribution in [1.29, 1.82) is 0 Å². The SMILES string of the molecule is Brc1csc2ccnc([CH]c3cccs3)c12. The number of thiophene rings is 2. The molecule has 0 aliphatic carbocycles. The summed E-state index contributed by atoms with van der Waals surface area (Å²) in [6, 6.07) is 6.21. The molecule has 0 atom stereocenters. The second-order valence-electron chi connectivity index (χ2n) is 3.31. The third-order valence-electron chi connectivity index (χ3n) is 2.29.